The zero-order valence-corrected chi connectivity index (χ0v) is 12.1. The standard InChI is InChI=1S/C8H11BrN2O4S2/c1-16(12,13)4-5-17(14,15)11-7-2-3-8(9)10-6-7/h2-3,6,11H,4-5H2,1H3. The van der Waals surface area contributed by atoms with Crippen LogP contribution in [-0.2, 0) is 19.9 Å². The molecule has 9 heteroatoms. The molecule has 1 aromatic rings. The Labute approximate surface area is 109 Å². The van der Waals surface area contributed by atoms with E-state index in [2.05, 4.69) is 25.6 Å². The van der Waals surface area contributed by atoms with Crippen LogP contribution in [0.5, 0.6) is 0 Å². The molecule has 1 rings (SSSR count). The third-order valence-electron chi connectivity index (χ3n) is 1.72. The topological polar surface area (TPSA) is 93.2 Å². The van der Waals surface area contributed by atoms with Gasteiger partial charge < -0.3 is 0 Å². The molecule has 0 aliphatic rings. The van der Waals surface area contributed by atoms with Gasteiger partial charge in [0.15, 0.2) is 0 Å². The summed E-state index contributed by atoms with van der Waals surface area (Å²) in [6, 6.07) is 3.10. The van der Waals surface area contributed by atoms with Crippen molar-refractivity contribution in [2.45, 2.75) is 0 Å². The van der Waals surface area contributed by atoms with E-state index in [4.69, 9.17) is 0 Å². The summed E-state index contributed by atoms with van der Waals surface area (Å²) in [4.78, 5) is 3.84. The van der Waals surface area contributed by atoms with Gasteiger partial charge in [0, 0.05) is 6.26 Å². The van der Waals surface area contributed by atoms with Crippen LogP contribution in [0.25, 0.3) is 0 Å². The van der Waals surface area contributed by atoms with Crippen LogP contribution in [0.3, 0.4) is 0 Å². The second-order valence-corrected chi connectivity index (χ2v) is 8.33. The first-order valence-electron chi connectivity index (χ1n) is 4.48. The number of hydrogen-bond acceptors (Lipinski definition) is 5. The van der Waals surface area contributed by atoms with Crippen LogP contribution in [0.2, 0.25) is 0 Å². The van der Waals surface area contributed by atoms with E-state index in [0.717, 1.165) is 6.26 Å². The molecule has 0 bridgehead atoms. The Bertz CT molecular complexity index is 580. The van der Waals surface area contributed by atoms with E-state index < -0.39 is 31.4 Å². The maximum Gasteiger partial charge on any atom is 0.233 e. The van der Waals surface area contributed by atoms with Crippen molar-refractivity contribution in [1.82, 2.24) is 4.98 Å². The van der Waals surface area contributed by atoms with Gasteiger partial charge in [0.05, 0.1) is 23.4 Å². The lowest BCUT2D eigenvalue weighted by Gasteiger charge is -2.06. The highest BCUT2D eigenvalue weighted by molar-refractivity contribution is 9.10. The van der Waals surface area contributed by atoms with Crippen molar-refractivity contribution in [2.75, 3.05) is 22.5 Å². The molecule has 0 saturated carbocycles. The molecule has 0 aliphatic heterocycles. The van der Waals surface area contributed by atoms with Gasteiger partial charge in [0.25, 0.3) is 0 Å². The minimum atomic E-state index is -3.67. The van der Waals surface area contributed by atoms with Crippen LogP contribution in [0.1, 0.15) is 0 Å². The average molecular weight is 343 g/mol. The van der Waals surface area contributed by atoms with Gasteiger partial charge in [-0.15, -0.1) is 0 Å². The molecular weight excluding hydrogens is 332 g/mol. The number of hydrogen-bond donors (Lipinski definition) is 1. The molecule has 17 heavy (non-hydrogen) atoms. The predicted octanol–water partition coefficient (Wildman–Crippen LogP) is 0.630. The van der Waals surface area contributed by atoms with Crippen molar-refractivity contribution in [1.29, 1.82) is 0 Å². The number of rotatable bonds is 5. The molecular formula is C8H11BrN2O4S2. The zero-order valence-electron chi connectivity index (χ0n) is 8.92. The maximum atomic E-state index is 11.5. The monoisotopic (exact) mass is 342 g/mol. The number of sulfone groups is 1. The maximum absolute atomic E-state index is 11.5. The Hall–Kier alpha value is -0.670. The molecule has 0 spiro atoms. The quantitative estimate of drug-likeness (QED) is 0.792. The van der Waals surface area contributed by atoms with Crippen molar-refractivity contribution in [3.8, 4) is 0 Å². The SMILES string of the molecule is CS(=O)(=O)CCS(=O)(=O)Nc1ccc(Br)nc1. The highest BCUT2D eigenvalue weighted by atomic mass is 79.9. The molecule has 0 fully saturated rings. The molecule has 1 heterocycles. The third kappa shape index (κ3) is 5.99. The van der Waals surface area contributed by atoms with Crippen molar-refractivity contribution >= 4 is 41.5 Å². The fourth-order valence-corrected chi connectivity index (χ4v) is 3.83. The molecule has 1 N–H and O–H groups in total. The van der Waals surface area contributed by atoms with Gasteiger partial charge in [0.1, 0.15) is 14.4 Å². The fourth-order valence-electron chi connectivity index (χ4n) is 0.928. The fraction of sp³-hybridized carbons (Fsp3) is 0.375. The number of anilines is 1. The molecule has 1 aromatic heterocycles. The second-order valence-electron chi connectivity index (χ2n) is 3.42. The molecule has 0 aliphatic carbocycles. The van der Waals surface area contributed by atoms with E-state index in [1.165, 1.54) is 12.3 Å². The predicted molar refractivity (Wildman–Crippen MR) is 69.1 cm³/mol. The van der Waals surface area contributed by atoms with Crippen LogP contribution in [-0.4, -0.2) is 39.6 Å². The van der Waals surface area contributed by atoms with Crippen LogP contribution in [0, 0.1) is 0 Å². The Kier molecular flexibility index (Phi) is 4.50. The lowest BCUT2D eigenvalue weighted by Crippen LogP contribution is -2.22. The number of halogens is 1. The molecule has 0 atom stereocenters. The summed E-state index contributed by atoms with van der Waals surface area (Å²) in [6.07, 6.45) is 2.33. The lowest BCUT2D eigenvalue weighted by atomic mass is 10.4. The van der Waals surface area contributed by atoms with Crippen molar-refractivity contribution < 1.29 is 16.8 Å². The van der Waals surface area contributed by atoms with E-state index in [9.17, 15) is 16.8 Å². The number of nitrogens with zero attached hydrogens (tertiary/aromatic N) is 1. The number of pyridine rings is 1. The van der Waals surface area contributed by atoms with Crippen molar-refractivity contribution in [3.63, 3.8) is 0 Å². The molecule has 0 saturated heterocycles. The van der Waals surface area contributed by atoms with Crippen LogP contribution >= 0.6 is 15.9 Å². The van der Waals surface area contributed by atoms with Gasteiger partial charge in [-0.25, -0.2) is 21.8 Å². The molecule has 0 amide bonds. The highest BCUT2D eigenvalue weighted by Gasteiger charge is 2.14. The van der Waals surface area contributed by atoms with E-state index >= 15 is 0 Å². The summed E-state index contributed by atoms with van der Waals surface area (Å²) in [5.74, 6) is -0.881. The van der Waals surface area contributed by atoms with Gasteiger partial charge in [-0.1, -0.05) is 0 Å². The summed E-state index contributed by atoms with van der Waals surface area (Å²) in [7, 11) is -6.96. The first-order valence-corrected chi connectivity index (χ1v) is 8.98. The summed E-state index contributed by atoms with van der Waals surface area (Å²) < 4.78 is 47.6. The summed E-state index contributed by atoms with van der Waals surface area (Å²) in [5, 5.41) is 0. The lowest BCUT2D eigenvalue weighted by molar-refractivity contribution is 0.593. The smallest absolute Gasteiger partial charge is 0.233 e. The van der Waals surface area contributed by atoms with Gasteiger partial charge in [-0.05, 0) is 28.1 Å². The Morgan fingerprint density at radius 1 is 1.24 bits per heavy atom. The van der Waals surface area contributed by atoms with Gasteiger partial charge >= 0.3 is 0 Å². The highest BCUT2D eigenvalue weighted by Crippen LogP contribution is 2.12. The summed E-state index contributed by atoms with van der Waals surface area (Å²) >= 11 is 3.11. The third-order valence-corrected chi connectivity index (χ3v) is 4.69. The first-order chi connectivity index (χ1) is 7.68. The minimum Gasteiger partial charge on any atom is -0.282 e. The first kappa shape index (κ1) is 14.4. The molecule has 0 radical (unpaired) electrons. The van der Waals surface area contributed by atoms with Crippen LogP contribution in [0.4, 0.5) is 5.69 Å². The van der Waals surface area contributed by atoms with E-state index in [1.54, 1.807) is 6.07 Å². The van der Waals surface area contributed by atoms with Crippen molar-refractivity contribution in [2.24, 2.45) is 0 Å². The Morgan fingerprint density at radius 2 is 1.88 bits per heavy atom. The molecule has 96 valence electrons. The normalized spacial score (nSPS) is 12.4. The summed E-state index contributed by atoms with van der Waals surface area (Å²) in [6.45, 7) is 0. The van der Waals surface area contributed by atoms with Gasteiger partial charge in [-0.2, -0.15) is 0 Å². The molecule has 0 unspecified atom stereocenters. The van der Waals surface area contributed by atoms with Gasteiger partial charge in [-0.3, -0.25) is 4.72 Å². The largest absolute Gasteiger partial charge is 0.282 e. The Morgan fingerprint density at radius 3 is 2.35 bits per heavy atom. The number of sulfonamides is 1. The van der Waals surface area contributed by atoms with E-state index in [1.807, 2.05) is 0 Å². The zero-order chi connectivity index (χ0) is 13.1. The molecule has 6 nitrogen and oxygen atoms in total. The van der Waals surface area contributed by atoms with Crippen LogP contribution < -0.4 is 4.72 Å². The molecule has 0 aromatic carbocycles. The average Bonchev–Trinajstić information content (AvgIpc) is 2.18. The Balaban J connectivity index is 2.70. The van der Waals surface area contributed by atoms with E-state index in [-0.39, 0.29) is 0 Å². The summed E-state index contributed by atoms with van der Waals surface area (Å²) in [5.41, 5.74) is 0.293. The van der Waals surface area contributed by atoms with E-state index in [0.29, 0.717) is 10.3 Å². The number of nitrogens with one attached hydrogen (secondary N) is 1. The second kappa shape index (κ2) is 5.32. The minimum absolute atomic E-state index is 0.293. The van der Waals surface area contributed by atoms with Gasteiger partial charge in [0.2, 0.25) is 10.0 Å². The number of aromatic nitrogens is 1. The van der Waals surface area contributed by atoms with Crippen molar-refractivity contribution in [3.05, 3.63) is 22.9 Å². The van der Waals surface area contributed by atoms with Crippen LogP contribution in [0.15, 0.2) is 22.9 Å².